The van der Waals surface area contributed by atoms with Crippen molar-refractivity contribution in [3.8, 4) is 0 Å². The maximum atomic E-state index is 10.7. The number of nitrogen functional groups attached to an aromatic ring is 1. The maximum Gasteiger partial charge on any atom is 0.243 e. The van der Waals surface area contributed by atoms with Gasteiger partial charge in [0, 0.05) is 7.05 Å². The Labute approximate surface area is 63.8 Å². The van der Waals surface area contributed by atoms with Crippen LogP contribution in [0.4, 0.5) is 5.82 Å². The van der Waals surface area contributed by atoms with Crippen molar-refractivity contribution >= 4 is 15.8 Å². The Balaban J connectivity index is 3.38. The lowest BCUT2D eigenvalue weighted by Crippen LogP contribution is -2.13. The number of anilines is 1. The monoisotopic (exact) mass is 176 g/mol. The Hall–Kier alpha value is -1.08. The minimum Gasteiger partial charge on any atom is -0.383 e. The van der Waals surface area contributed by atoms with Crippen LogP contribution in [0.25, 0.3) is 0 Å². The molecule has 1 aromatic heterocycles. The molecule has 0 atom stereocenters. The molecule has 0 fully saturated rings. The van der Waals surface area contributed by atoms with Gasteiger partial charge in [-0.05, 0) is 0 Å². The van der Waals surface area contributed by atoms with Gasteiger partial charge in [0.2, 0.25) is 10.0 Å². The number of nitrogens with two attached hydrogens (primary N) is 2. The van der Waals surface area contributed by atoms with Gasteiger partial charge in [-0.3, -0.25) is 4.68 Å². The van der Waals surface area contributed by atoms with Gasteiger partial charge in [-0.15, -0.1) is 0 Å². The third kappa shape index (κ3) is 1.33. The Bertz CT molecular complexity index is 365. The van der Waals surface area contributed by atoms with Gasteiger partial charge in [-0.25, -0.2) is 13.6 Å². The highest BCUT2D eigenvalue weighted by Crippen LogP contribution is 2.13. The van der Waals surface area contributed by atoms with Gasteiger partial charge in [-0.1, -0.05) is 0 Å². The Morgan fingerprint density at radius 1 is 1.64 bits per heavy atom. The summed E-state index contributed by atoms with van der Waals surface area (Å²) in [6.45, 7) is 0. The van der Waals surface area contributed by atoms with Gasteiger partial charge >= 0.3 is 0 Å². The second-order valence-corrected chi connectivity index (χ2v) is 3.59. The summed E-state index contributed by atoms with van der Waals surface area (Å²) in [6.07, 6.45) is 1.12. The first-order chi connectivity index (χ1) is 4.93. The van der Waals surface area contributed by atoms with Gasteiger partial charge in [0.15, 0.2) is 0 Å². The molecular formula is C4H8N4O2S. The molecule has 0 saturated heterocycles. The molecule has 1 aromatic rings. The SMILES string of the molecule is Cn1ncc(S(N)(=O)=O)c1N. The third-order valence-corrected chi connectivity index (χ3v) is 2.18. The number of aryl methyl sites for hydroxylation is 1. The first-order valence-electron chi connectivity index (χ1n) is 2.73. The predicted molar refractivity (Wildman–Crippen MR) is 39.0 cm³/mol. The maximum absolute atomic E-state index is 10.7. The Kier molecular flexibility index (Phi) is 1.61. The van der Waals surface area contributed by atoms with Gasteiger partial charge in [0.25, 0.3) is 0 Å². The van der Waals surface area contributed by atoms with Crippen LogP contribution in [-0.2, 0) is 17.1 Å². The number of nitrogens with zero attached hydrogens (tertiary/aromatic N) is 2. The summed E-state index contributed by atoms with van der Waals surface area (Å²) in [5.41, 5.74) is 5.33. The fourth-order valence-corrected chi connectivity index (χ4v) is 1.26. The van der Waals surface area contributed by atoms with Crippen LogP contribution in [0.3, 0.4) is 0 Å². The molecule has 62 valence electrons. The summed E-state index contributed by atoms with van der Waals surface area (Å²) in [5, 5.41) is 8.42. The smallest absolute Gasteiger partial charge is 0.243 e. The van der Waals surface area contributed by atoms with E-state index in [0.717, 1.165) is 6.20 Å². The molecule has 0 bridgehead atoms. The molecule has 1 heterocycles. The average Bonchev–Trinajstić information content (AvgIpc) is 2.11. The van der Waals surface area contributed by atoms with E-state index in [2.05, 4.69) is 5.10 Å². The normalized spacial score (nSPS) is 11.8. The lowest BCUT2D eigenvalue weighted by molar-refractivity contribution is 0.598. The molecule has 4 N–H and O–H groups in total. The summed E-state index contributed by atoms with van der Waals surface area (Å²) in [6, 6.07) is 0. The average molecular weight is 176 g/mol. The standard InChI is InChI=1S/C4H8N4O2S/c1-8-4(5)3(2-7-8)11(6,9)10/h2H,5H2,1H3,(H2,6,9,10). The molecule has 0 aliphatic rings. The number of sulfonamides is 1. The highest BCUT2D eigenvalue weighted by molar-refractivity contribution is 7.89. The van der Waals surface area contributed by atoms with Crippen LogP contribution >= 0.6 is 0 Å². The summed E-state index contributed by atoms with van der Waals surface area (Å²) in [4.78, 5) is -0.139. The summed E-state index contributed by atoms with van der Waals surface area (Å²) < 4.78 is 22.7. The van der Waals surface area contributed by atoms with Crippen molar-refractivity contribution in [1.82, 2.24) is 9.78 Å². The largest absolute Gasteiger partial charge is 0.383 e. The first kappa shape index (κ1) is 8.02. The zero-order valence-corrected chi connectivity index (χ0v) is 6.67. The van der Waals surface area contributed by atoms with Crippen molar-refractivity contribution in [1.29, 1.82) is 0 Å². The summed E-state index contributed by atoms with van der Waals surface area (Å²) in [7, 11) is -2.19. The van der Waals surface area contributed by atoms with Crippen LogP contribution < -0.4 is 10.9 Å². The van der Waals surface area contributed by atoms with E-state index in [0.29, 0.717) is 0 Å². The van der Waals surface area contributed by atoms with E-state index in [9.17, 15) is 8.42 Å². The molecule has 0 aliphatic heterocycles. The minimum absolute atomic E-state index is 0.0486. The number of hydrogen-bond donors (Lipinski definition) is 2. The van der Waals surface area contributed by atoms with Crippen LogP contribution in [0.5, 0.6) is 0 Å². The van der Waals surface area contributed by atoms with E-state index >= 15 is 0 Å². The fourth-order valence-electron chi connectivity index (χ4n) is 0.646. The molecule has 0 saturated carbocycles. The number of rotatable bonds is 1. The number of primary sulfonamides is 1. The predicted octanol–water partition coefficient (Wildman–Crippen LogP) is -1.35. The highest BCUT2D eigenvalue weighted by atomic mass is 32.2. The van der Waals surface area contributed by atoms with E-state index in [4.69, 9.17) is 10.9 Å². The molecule has 6 nitrogen and oxygen atoms in total. The molecule has 0 unspecified atom stereocenters. The summed E-state index contributed by atoms with van der Waals surface area (Å²) >= 11 is 0. The van der Waals surface area contributed by atoms with Crippen molar-refractivity contribution < 1.29 is 8.42 Å². The molecular weight excluding hydrogens is 168 g/mol. The molecule has 0 aliphatic carbocycles. The van der Waals surface area contributed by atoms with E-state index in [1.807, 2.05) is 0 Å². The second-order valence-electron chi connectivity index (χ2n) is 2.06. The zero-order chi connectivity index (χ0) is 8.65. The molecule has 0 aromatic carbocycles. The second kappa shape index (κ2) is 2.21. The lowest BCUT2D eigenvalue weighted by atomic mass is 10.6. The quantitative estimate of drug-likeness (QED) is 0.552. The zero-order valence-electron chi connectivity index (χ0n) is 5.85. The van der Waals surface area contributed by atoms with Crippen LogP contribution in [0.15, 0.2) is 11.1 Å². The molecule has 0 spiro atoms. The fraction of sp³-hybridized carbons (Fsp3) is 0.250. The first-order valence-corrected chi connectivity index (χ1v) is 4.28. The Morgan fingerprint density at radius 3 is 2.36 bits per heavy atom. The Morgan fingerprint density at radius 2 is 2.18 bits per heavy atom. The van der Waals surface area contributed by atoms with Crippen molar-refractivity contribution in [2.75, 3.05) is 5.73 Å². The van der Waals surface area contributed by atoms with Gasteiger partial charge < -0.3 is 5.73 Å². The topological polar surface area (TPSA) is 104 Å². The van der Waals surface area contributed by atoms with E-state index < -0.39 is 10.0 Å². The number of hydrogen-bond acceptors (Lipinski definition) is 4. The van der Waals surface area contributed by atoms with Crippen LogP contribution in [0, 0.1) is 0 Å². The minimum atomic E-state index is -3.72. The molecule has 0 radical (unpaired) electrons. The van der Waals surface area contributed by atoms with Crippen molar-refractivity contribution in [3.63, 3.8) is 0 Å². The van der Waals surface area contributed by atoms with Crippen molar-refractivity contribution in [3.05, 3.63) is 6.20 Å². The highest BCUT2D eigenvalue weighted by Gasteiger charge is 2.15. The number of aromatic nitrogens is 2. The third-order valence-electron chi connectivity index (χ3n) is 1.26. The molecule has 1 rings (SSSR count). The molecule has 0 amide bonds. The van der Waals surface area contributed by atoms with Crippen molar-refractivity contribution in [2.45, 2.75) is 4.90 Å². The molecule has 11 heavy (non-hydrogen) atoms. The van der Waals surface area contributed by atoms with E-state index in [1.165, 1.54) is 11.7 Å². The van der Waals surface area contributed by atoms with Gasteiger partial charge in [-0.2, -0.15) is 5.10 Å². The van der Waals surface area contributed by atoms with Crippen LogP contribution in [0.2, 0.25) is 0 Å². The summed E-state index contributed by atoms with van der Waals surface area (Å²) in [5.74, 6) is 0.0486. The van der Waals surface area contributed by atoms with E-state index in [1.54, 1.807) is 0 Å². The van der Waals surface area contributed by atoms with E-state index in [-0.39, 0.29) is 10.7 Å². The van der Waals surface area contributed by atoms with Crippen LogP contribution in [0.1, 0.15) is 0 Å². The van der Waals surface area contributed by atoms with Gasteiger partial charge in [0.05, 0.1) is 6.20 Å². The van der Waals surface area contributed by atoms with Crippen LogP contribution in [-0.4, -0.2) is 18.2 Å². The van der Waals surface area contributed by atoms with Gasteiger partial charge in [0.1, 0.15) is 10.7 Å². The van der Waals surface area contributed by atoms with Crippen molar-refractivity contribution in [2.24, 2.45) is 12.2 Å². The molecule has 7 heteroatoms. The lowest BCUT2D eigenvalue weighted by Gasteiger charge is -1.95.